The Morgan fingerprint density at radius 3 is 2.52 bits per heavy atom. The third-order valence-electron chi connectivity index (χ3n) is 4.33. The first kappa shape index (κ1) is 20.3. The predicted molar refractivity (Wildman–Crippen MR) is 96.8 cm³/mol. The Morgan fingerprint density at radius 1 is 1.30 bits per heavy atom. The molecule has 1 unspecified atom stereocenters. The number of hydrogen-bond donors (Lipinski definition) is 1. The van der Waals surface area contributed by atoms with Gasteiger partial charge in [0.15, 0.2) is 5.78 Å². The lowest BCUT2D eigenvalue weighted by Gasteiger charge is -2.21. The van der Waals surface area contributed by atoms with E-state index in [0.29, 0.717) is 29.9 Å². The van der Waals surface area contributed by atoms with E-state index in [1.807, 2.05) is 13.8 Å². The minimum atomic E-state index is -0.853. The summed E-state index contributed by atoms with van der Waals surface area (Å²) < 4.78 is 19.1. The number of Topliss-reactive ketones (excluding diaryl/α,β-unsaturated/α-hetero) is 1. The first-order valence-corrected chi connectivity index (χ1v) is 8.86. The zero-order chi connectivity index (χ0) is 20.1. The lowest BCUT2D eigenvalue weighted by molar-refractivity contribution is 0.0829. The van der Waals surface area contributed by atoms with E-state index in [-0.39, 0.29) is 17.0 Å². The van der Waals surface area contributed by atoms with Gasteiger partial charge < -0.3 is 9.84 Å². The molecule has 0 fully saturated rings. The number of nitrogens with zero attached hydrogens (tertiary/aromatic N) is 2. The Balaban J connectivity index is 2.32. The van der Waals surface area contributed by atoms with Crippen LogP contribution >= 0.6 is 0 Å². The van der Waals surface area contributed by atoms with E-state index in [9.17, 15) is 14.0 Å². The van der Waals surface area contributed by atoms with Gasteiger partial charge >= 0.3 is 0 Å². The number of nitriles is 1. The summed E-state index contributed by atoms with van der Waals surface area (Å²) in [5, 5.41) is 15.5. The fraction of sp³-hybridized carbons (Fsp3) is 0.400. The van der Waals surface area contributed by atoms with Crippen molar-refractivity contribution in [3.05, 3.63) is 52.2 Å². The molecule has 0 aliphatic carbocycles. The molecule has 1 heterocycles. The Kier molecular flexibility index (Phi) is 6.45. The molecule has 0 bridgehead atoms. The summed E-state index contributed by atoms with van der Waals surface area (Å²) in [5.74, 6) is -1.39. The van der Waals surface area contributed by atoms with Crippen molar-refractivity contribution >= 4 is 11.7 Å². The van der Waals surface area contributed by atoms with Gasteiger partial charge in [0.05, 0.1) is 17.3 Å². The van der Waals surface area contributed by atoms with Crippen LogP contribution in [0.4, 0.5) is 4.39 Å². The van der Waals surface area contributed by atoms with Crippen LogP contribution in [-0.4, -0.2) is 22.9 Å². The van der Waals surface area contributed by atoms with Gasteiger partial charge in [-0.3, -0.25) is 9.59 Å². The minimum absolute atomic E-state index is 0.0993. The van der Waals surface area contributed by atoms with Gasteiger partial charge in [0.1, 0.15) is 23.2 Å². The first-order valence-electron chi connectivity index (χ1n) is 8.86. The van der Waals surface area contributed by atoms with Gasteiger partial charge in [-0.2, -0.15) is 5.26 Å². The number of aryl methyl sites for hydroxylation is 2. The van der Waals surface area contributed by atoms with E-state index in [4.69, 9.17) is 9.78 Å². The van der Waals surface area contributed by atoms with Crippen LogP contribution in [0, 0.1) is 23.1 Å². The normalized spacial score (nSPS) is 11.9. The molecule has 1 aromatic carbocycles. The van der Waals surface area contributed by atoms with Gasteiger partial charge in [-0.25, -0.2) is 4.39 Å². The first-order chi connectivity index (χ1) is 12.8. The highest BCUT2D eigenvalue weighted by molar-refractivity contribution is 6.05. The molecule has 0 saturated carbocycles. The lowest BCUT2D eigenvalue weighted by Crippen LogP contribution is -2.44. The highest BCUT2D eigenvalue weighted by atomic mass is 19.1. The molecule has 1 aromatic heterocycles. The molecule has 0 spiro atoms. The number of halogens is 1. The number of nitrogens with one attached hydrogen (secondary N) is 1. The number of ketones is 1. The third kappa shape index (κ3) is 4.22. The molecule has 1 N–H and O–H groups in total. The molecule has 6 nitrogen and oxygen atoms in total. The molecule has 2 aromatic rings. The summed E-state index contributed by atoms with van der Waals surface area (Å²) in [6.45, 7) is 7.29. The topological polar surface area (TPSA) is 96.0 Å². The molecule has 0 saturated heterocycles. The third-order valence-corrected chi connectivity index (χ3v) is 4.33. The molecular formula is C20H22FN3O3. The van der Waals surface area contributed by atoms with Crippen LogP contribution in [-0.2, 0) is 12.8 Å². The van der Waals surface area contributed by atoms with E-state index in [0.717, 1.165) is 6.07 Å². The zero-order valence-electron chi connectivity index (χ0n) is 15.8. The predicted octanol–water partition coefficient (Wildman–Crippen LogP) is 3.45. The summed E-state index contributed by atoms with van der Waals surface area (Å²) in [5.41, 5.74) is 0.844. The number of amides is 1. The van der Waals surface area contributed by atoms with E-state index < -0.39 is 23.5 Å². The molecule has 1 amide bonds. The quantitative estimate of drug-likeness (QED) is 0.752. The van der Waals surface area contributed by atoms with Gasteiger partial charge in [0.2, 0.25) is 0 Å². The molecule has 2 rings (SSSR count). The van der Waals surface area contributed by atoms with E-state index in [2.05, 4.69) is 10.5 Å². The molecule has 0 aliphatic rings. The Labute approximate surface area is 157 Å². The maximum Gasteiger partial charge on any atom is 0.257 e. The maximum atomic E-state index is 13.9. The SMILES string of the molecule is CCc1noc(CC)c1C(=O)NC(C(=O)c1ccc(C#N)c(F)c1)C(C)C. The lowest BCUT2D eigenvalue weighted by atomic mass is 9.93. The van der Waals surface area contributed by atoms with Crippen LogP contribution in [0.25, 0.3) is 0 Å². The van der Waals surface area contributed by atoms with Crippen molar-refractivity contribution in [3.8, 4) is 6.07 Å². The smallest absolute Gasteiger partial charge is 0.257 e. The summed E-state index contributed by atoms with van der Waals surface area (Å²) in [6.07, 6.45) is 1.02. The molecule has 0 radical (unpaired) electrons. The number of aromatic nitrogens is 1. The van der Waals surface area contributed by atoms with Crippen molar-refractivity contribution in [1.29, 1.82) is 5.26 Å². The number of carbonyl (C=O) groups is 2. The van der Waals surface area contributed by atoms with Crippen LogP contribution in [0.2, 0.25) is 0 Å². The van der Waals surface area contributed by atoms with E-state index >= 15 is 0 Å². The van der Waals surface area contributed by atoms with Crippen molar-refractivity contribution in [2.45, 2.75) is 46.6 Å². The van der Waals surface area contributed by atoms with Gasteiger partial charge in [0, 0.05) is 12.0 Å². The second-order valence-electron chi connectivity index (χ2n) is 6.50. The second-order valence-corrected chi connectivity index (χ2v) is 6.50. The summed E-state index contributed by atoms with van der Waals surface area (Å²) >= 11 is 0. The molecule has 0 aliphatic heterocycles. The fourth-order valence-corrected chi connectivity index (χ4v) is 2.79. The minimum Gasteiger partial charge on any atom is -0.360 e. The number of rotatable bonds is 7. The van der Waals surface area contributed by atoms with Crippen LogP contribution < -0.4 is 5.32 Å². The average Bonchev–Trinajstić information content (AvgIpc) is 3.08. The fourth-order valence-electron chi connectivity index (χ4n) is 2.79. The molecular weight excluding hydrogens is 349 g/mol. The molecule has 27 heavy (non-hydrogen) atoms. The van der Waals surface area contributed by atoms with Gasteiger partial charge in [-0.05, 0) is 30.5 Å². The van der Waals surface area contributed by atoms with Gasteiger partial charge in [-0.1, -0.05) is 32.9 Å². The van der Waals surface area contributed by atoms with Crippen LogP contribution in [0.5, 0.6) is 0 Å². The largest absolute Gasteiger partial charge is 0.360 e. The van der Waals surface area contributed by atoms with Crippen LogP contribution in [0.15, 0.2) is 22.7 Å². The van der Waals surface area contributed by atoms with Crippen molar-refractivity contribution in [3.63, 3.8) is 0 Å². The van der Waals surface area contributed by atoms with E-state index in [1.165, 1.54) is 12.1 Å². The van der Waals surface area contributed by atoms with Crippen molar-refractivity contribution < 1.29 is 18.5 Å². The van der Waals surface area contributed by atoms with Crippen molar-refractivity contribution in [2.75, 3.05) is 0 Å². The summed E-state index contributed by atoms with van der Waals surface area (Å²) in [6, 6.07) is 4.53. The van der Waals surface area contributed by atoms with Crippen molar-refractivity contribution in [2.24, 2.45) is 5.92 Å². The second kappa shape index (κ2) is 8.58. The van der Waals surface area contributed by atoms with Crippen LogP contribution in [0.3, 0.4) is 0 Å². The number of hydrogen-bond acceptors (Lipinski definition) is 5. The Morgan fingerprint density at radius 2 is 2.00 bits per heavy atom. The summed E-state index contributed by atoms with van der Waals surface area (Å²) in [7, 11) is 0. The summed E-state index contributed by atoms with van der Waals surface area (Å²) in [4.78, 5) is 25.7. The van der Waals surface area contributed by atoms with Crippen LogP contribution in [0.1, 0.15) is 65.4 Å². The standard InChI is InChI=1S/C20H22FN3O3/c1-5-15-17(16(6-2)27-24-15)20(26)23-18(11(3)4)19(25)12-7-8-13(10-22)14(21)9-12/h7-9,11,18H,5-6H2,1-4H3,(H,23,26). The number of carbonyl (C=O) groups excluding carboxylic acids is 2. The molecule has 7 heteroatoms. The van der Waals surface area contributed by atoms with E-state index in [1.54, 1.807) is 19.9 Å². The molecule has 142 valence electrons. The highest BCUT2D eigenvalue weighted by Crippen LogP contribution is 2.19. The van der Waals surface area contributed by atoms with Gasteiger partial charge in [0.25, 0.3) is 5.91 Å². The molecule has 1 atom stereocenters. The zero-order valence-corrected chi connectivity index (χ0v) is 15.8. The average molecular weight is 371 g/mol. The van der Waals surface area contributed by atoms with Gasteiger partial charge in [-0.15, -0.1) is 0 Å². The Bertz CT molecular complexity index is 875. The number of benzene rings is 1. The maximum absolute atomic E-state index is 13.9. The van der Waals surface area contributed by atoms with Crippen molar-refractivity contribution in [1.82, 2.24) is 10.5 Å². The Hall–Kier alpha value is -3.01. The highest BCUT2D eigenvalue weighted by Gasteiger charge is 2.29. The monoisotopic (exact) mass is 371 g/mol.